The molecule has 1 aromatic carbocycles. The van der Waals surface area contributed by atoms with Crippen molar-refractivity contribution in [1.29, 1.82) is 0 Å². The van der Waals surface area contributed by atoms with Gasteiger partial charge in [0.25, 0.3) is 0 Å². The van der Waals surface area contributed by atoms with Gasteiger partial charge in [0, 0.05) is 11.6 Å². The number of hydrogen-bond acceptors (Lipinski definition) is 3. The van der Waals surface area contributed by atoms with Gasteiger partial charge in [0.15, 0.2) is 5.75 Å². The first-order chi connectivity index (χ1) is 8.74. The standard InChI is InChI=1S/C14H15NO3/c1-2-3-9-18-13-11(14(16)17)7-6-10-5-4-8-15-12(10)13/h4-8H,2-3,9H2,1H3,(H,16,17). The van der Waals surface area contributed by atoms with Crippen LogP contribution < -0.4 is 4.74 Å². The summed E-state index contributed by atoms with van der Waals surface area (Å²) >= 11 is 0. The van der Waals surface area contributed by atoms with Gasteiger partial charge in [0.1, 0.15) is 11.1 Å². The van der Waals surface area contributed by atoms with Crippen LogP contribution in [0, 0.1) is 0 Å². The van der Waals surface area contributed by atoms with E-state index in [1.165, 1.54) is 0 Å². The Bertz CT molecular complexity index is 566. The van der Waals surface area contributed by atoms with Gasteiger partial charge in [-0.05, 0) is 18.6 Å². The summed E-state index contributed by atoms with van der Waals surface area (Å²) in [6, 6.07) is 7.02. The second-order valence-electron chi connectivity index (χ2n) is 4.02. The summed E-state index contributed by atoms with van der Waals surface area (Å²) in [5, 5.41) is 10.1. The molecule has 0 aliphatic rings. The molecule has 2 aromatic rings. The Kier molecular flexibility index (Phi) is 3.77. The van der Waals surface area contributed by atoms with E-state index < -0.39 is 5.97 Å². The minimum Gasteiger partial charge on any atom is -0.490 e. The summed E-state index contributed by atoms with van der Waals surface area (Å²) in [4.78, 5) is 15.4. The predicted molar refractivity (Wildman–Crippen MR) is 69.1 cm³/mol. The third-order valence-electron chi connectivity index (χ3n) is 2.70. The van der Waals surface area contributed by atoms with Gasteiger partial charge in [-0.2, -0.15) is 0 Å². The van der Waals surface area contributed by atoms with Crippen LogP contribution >= 0.6 is 0 Å². The molecule has 0 fully saturated rings. The van der Waals surface area contributed by atoms with Crippen molar-refractivity contribution in [2.24, 2.45) is 0 Å². The summed E-state index contributed by atoms with van der Waals surface area (Å²) in [7, 11) is 0. The molecule has 0 unspecified atom stereocenters. The molecule has 0 aliphatic carbocycles. The molecule has 0 spiro atoms. The maximum absolute atomic E-state index is 11.2. The van der Waals surface area contributed by atoms with Gasteiger partial charge < -0.3 is 9.84 Å². The van der Waals surface area contributed by atoms with Gasteiger partial charge in [-0.25, -0.2) is 4.79 Å². The number of aromatic nitrogens is 1. The summed E-state index contributed by atoms with van der Waals surface area (Å²) in [5.41, 5.74) is 0.769. The maximum atomic E-state index is 11.2. The molecule has 0 saturated carbocycles. The van der Waals surface area contributed by atoms with Crippen molar-refractivity contribution in [2.75, 3.05) is 6.61 Å². The Labute approximate surface area is 105 Å². The highest BCUT2D eigenvalue weighted by atomic mass is 16.5. The fourth-order valence-electron chi connectivity index (χ4n) is 1.75. The van der Waals surface area contributed by atoms with Gasteiger partial charge in [-0.15, -0.1) is 0 Å². The van der Waals surface area contributed by atoms with Crippen molar-refractivity contribution in [1.82, 2.24) is 4.98 Å². The Hall–Kier alpha value is -2.10. The van der Waals surface area contributed by atoms with Crippen LogP contribution in [0.2, 0.25) is 0 Å². The number of carboxylic acids is 1. The summed E-state index contributed by atoms with van der Waals surface area (Å²) < 4.78 is 5.61. The van der Waals surface area contributed by atoms with Crippen molar-refractivity contribution < 1.29 is 14.6 Å². The van der Waals surface area contributed by atoms with E-state index in [1.807, 2.05) is 12.1 Å². The first kappa shape index (κ1) is 12.4. The van der Waals surface area contributed by atoms with Gasteiger partial charge in [0.2, 0.25) is 0 Å². The third kappa shape index (κ3) is 2.42. The molecule has 4 nitrogen and oxygen atoms in total. The molecule has 94 valence electrons. The molecule has 0 aliphatic heterocycles. The number of benzene rings is 1. The molecule has 1 aromatic heterocycles. The topological polar surface area (TPSA) is 59.4 Å². The molecular formula is C14H15NO3. The number of nitrogens with zero attached hydrogens (tertiary/aromatic N) is 1. The zero-order valence-electron chi connectivity index (χ0n) is 10.2. The molecule has 18 heavy (non-hydrogen) atoms. The normalized spacial score (nSPS) is 10.5. The van der Waals surface area contributed by atoms with Crippen LogP contribution in [0.5, 0.6) is 5.75 Å². The molecule has 0 radical (unpaired) electrons. The maximum Gasteiger partial charge on any atom is 0.339 e. The van der Waals surface area contributed by atoms with Gasteiger partial charge in [-0.3, -0.25) is 4.98 Å². The van der Waals surface area contributed by atoms with Crippen molar-refractivity contribution in [3.8, 4) is 5.75 Å². The van der Waals surface area contributed by atoms with E-state index in [2.05, 4.69) is 11.9 Å². The van der Waals surface area contributed by atoms with Crippen LogP contribution in [0.25, 0.3) is 10.9 Å². The zero-order chi connectivity index (χ0) is 13.0. The fourth-order valence-corrected chi connectivity index (χ4v) is 1.75. The molecule has 2 rings (SSSR count). The summed E-state index contributed by atoms with van der Waals surface area (Å²) in [6.07, 6.45) is 3.53. The van der Waals surface area contributed by atoms with Gasteiger partial charge in [-0.1, -0.05) is 25.5 Å². The van der Waals surface area contributed by atoms with Gasteiger partial charge >= 0.3 is 5.97 Å². The molecular weight excluding hydrogens is 230 g/mol. The quantitative estimate of drug-likeness (QED) is 0.822. The molecule has 1 N–H and O–H groups in total. The highest BCUT2D eigenvalue weighted by Crippen LogP contribution is 2.28. The van der Waals surface area contributed by atoms with E-state index in [4.69, 9.17) is 4.74 Å². The van der Waals surface area contributed by atoms with Crippen LogP contribution in [0.1, 0.15) is 30.1 Å². The summed E-state index contributed by atoms with van der Waals surface area (Å²) in [5.74, 6) is -0.622. The van der Waals surface area contributed by atoms with E-state index in [1.54, 1.807) is 18.3 Å². The van der Waals surface area contributed by atoms with Crippen molar-refractivity contribution in [2.45, 2.75) is 19.8 Å². The Morgan fingerprint density at radius 1 is 1.39 bits per heavy atom. The number of carboxylic acid groups (broad SMARTS) is 1. The fraction of sp³-hybridized carbons (Fsp3) is 0.286. The monoisotopic (exact) mass is 245 g/mol. The Balaban J connectivity index is 2.48. The Morgan fingerprint density at radius 2 is 2.22 bits per heavy atom. The predicted octanol–water partition coefficient (Wildman–Crippen LogP) is 3.11. The van der Waals surface area contributed by atoms with E-state index in [9.17, 15) is 9.90 Å². The lowest BCUT2D eigenvalue weighted by atomic mass is 10.1. The zero-order valence-corrected chi connectivity index (χ0v) is 10.2. The highest BCUT2D eigenvalue weighted by molar-refractivity contribution is 5.98. The average Bonchev–Trinajstić information content (AvgIpc) is 2.38. The first-order valence-electron chi connectivity index (χ1n) is 5.98. The molecule has 0 atom stereocenters. The number of rotatable bonds is 5. The molecule has 0 bridgehead atoms. The van der Waals surface area contributed by atoms with E-state index in [0.29, 0.717) is 17.9 Å². The average molecular weight is 245 g/mol. The van der Waals surface area contributed by atoms with Crippen LogP contribution in [0.3, 0.4) is 0 Å². The minimum atomic E-state index is -0.992. The second kappa shape index (κ2) is 5.49. The van der Waals surface area contributed by atoms with Crippen LogP contribution in [0.15, 0.2) is 30.5 Å². The minimum absolute atomic E-state index is 0.164. The Morgan fingerprint density at radius 3 is 2.94 bits per heavy atom. The number of unbranched alkanes of at least 4 members (excludes halogenated alkanes) is 1. The molecule has 0 amide bonds. The van der Waals surface area contributed by atoms with Crippen LogP contribution in [0.4, 0.5) is 0 Å². The number of fused-ring (bicyclic) bond motifs is 1. The SMILES string of the molecule is CCCCOc1c(C(=O)O)ccc2cccnc12. The second-order valence-corrected chi connectivity index (χ2v) is 4.02. The molecule has 1 heterocycles. The smallest absolute Gasteiger partial charge is 0.339 e. The lowest BCUT2D eigenvalue weighted by molar-refractivity contribution is 0.0692. The van der Waals surface area contributed by atoms with E-state index in [0.717, 1.165) is 18.2 Å². The lowest BCUT2D eigenvalue weighted by Gasteiger charge is -2.11. The molecule has 0 saturated heterocycles. The van der Waals surface area contributed by atoms with Crippen LogP contribution in [-0.2, 0) is 0 Å². The number of pyridine rings is 1. The van der Waals surface area contributed by atoms with Crippen molar-refractivity contribution >= 4 is 16.9 Å². The van der Waals surface area contributed by atoms with E-state index >= 15 is 0 Å². The van der Waals surface area contributed by atoms with Crippen molar-refractivity contribution in [3.63, 3.8) is 0 Å². The highest BCUT2D eigenvalue weighted by Gasteiger charge is 2.15. The third-order valence-corrected chi connectivity index (χ3v) is 2.70. The summed E-state index contributed by atoms with van der Waals surface area (Å²) in [6.45, 7) is 2.56. The number of carbonyl (C=O) groups is 1. The number of aromatic carboxylic acids is 1. The molecule has 4 heteroatoms. The van der Waals surface area contributed by atoms with Crippen LogP contribution in [-0.4, -0.2) is 22.7 Å². The lowest BCUT2D eigenvalue weighted by Crippen LogP contribution is -2.05. The van der Waals surface area contributed by atoms with Gasteiger partial charge in [0.05, 0.1) is 6.61 Å². The number of hydrogen-bond donors (Lipinski definition) is 1. The van der Waals surface area contributed by atoms with E-state index in [-0.39, 0.29) is 5.56 Å². The number of ether oxygens (including phenoxy) is 1. The first-order valence-corrected chi connectivity index (χ1v) is 5.98. The van der Waals surface area contributed by atoms with Crippen molar-refractivity contribution in [3.05, 3.63) is 36.0 Å². The largest absolute Gasteiger partial charge is 0.490 e.